The Balaban J connectivity index is 1.86. The molecule has 0 aromatic rings. The number of hydrogen-bond acceptors (Lipinski definition) is 4. The second-order valence-corrected chi connectivity index (χ2v) is 5.77. The van der Waals surface area contributed by atoms with Crippen molar-refractivity contribution >= 4 is 5.97 Å². The maximum absolute atomic E-state index is 11.5. The van der Waals surface area contributed by atoms with E-state index in [1.807, 2.05) is 0 Å². The van der Waals surface area contributed by atoms with Gasteiger partial charge in [0.15, 0.2) is 0 Å². The third kappa shape index (κ3) is 3.43. The molecule has 5 heteroatoms. The topological polar surface area (TPSA) is 61.8 Å². The minimum absolute atomic E-state index is 0.341. The smallest absolute Gasteiger partial charge is 0.324 e. The van der Waals surface area contributed by atoms with Crippen molar-refractivity contribution in [2.24, 2.45) is 0 Å². The SMILES string of the molecule is COC1CCN(CC(C)(NC2CC2)C(=O)O)CC1. The summed E-state index contributed by atoms with van der Waals surface area (Å²) < 4.78 is 5.33. The average molecular weight is 256 g/mol. The van der Waals surface area contributed by atoms with Crippen molar-refractivity contribution in [3.63, 3.8) is 0 Å². The molecule has 0 amide bonds. The number of hydrogen-bond donors (Lipinski definition) is 2. The molecule has 5 nitrogen and oxygen atoms in total. The first-order valence-electron chi connectivity index (χ1n) is 6.80. The summed E-state index contributed by atoms with van der Waals surface area (Å²) in [6.07, 6.45) is 4.54. The molecule has 0 bridgehead atoms. The van der Waals surface area contributed by atoms with Crippen LogP contribution in [0.25, 0.3) is 0 Å². The van der Waals surface area contributed by atoms with E-state index in [0.29, 0.717) is 18.7 Å². The van der Waals surface area contributed by atoms with Crippen LogP contribution in [0.1, 0.15) is 32.6 Å². The van der Waals surface area contributed by atoms with E-state index in [1.165, 1.54) is 0 Å². The minimum atomic E-state index is -0.818. The Kier molecular flexibility index (Phi) is 4.25. The van der Waals surface area contributed by atoms with E-state index in [4.69, 9.17) is 4.74 Å². The number of carboxylic acid groups (broad SMARTS) is 1. The second kappa shape index (κ2) is 5.55. The van der Waals surface area contributed by atoms with Gasteiger partial charge in [0.2, 0.25) is 0 Å². The zero-order valence-corrected chi connectivity index (χ0v) is 11.3. The Morgan fingerprint density at radius 3 is 2.44 bits per heavy atom. The molecule has 1 saturated heterocycles. The summed E-state index contributed by atoms with van der Waals surface area (Å²) in [6.45, 7) is 4.23. The molecule has 0 aromatic carbocycles. The average Bonchev–Trinajstić information content (AvgIpc) is 3.13. The Morgan fingerprint density at radius 1 is 1.39 bits per heavy atom. The normalized spacial score (nSPS) is 25.9. The summed E-state index contributed by atoms with van der Waals surface area (Å²) in [4.78, 5) is 13.7. The largest absolute Gasteiger partial charge is 0.480 e. The summed E-state index contributed by atoms with van der Waals surface area (Å²) in [6, 6.07) is 0.405. The Hall–Kier alpha value is -0.650. The molecule has 1 aliphatic carbocycles. The third-order valence-corrected chi connectivity index (χ3v) is 3.98. The fourth-order valence-electron chi connectivity index (χ4n) is 2.60. The maximum atomic E-state index is 11.5. The van der Waals surface area contributed by atoms with Gasteiger partial charge < -0.3 is 14.7 Å². The number of nitrogens with one attached hydrogen (secondary N) is 1. The lowest BCUT2D eigenvalue weighted by molar-refractivity contribution is -0.145. The molecule has 1 unspecified atom stereocenters. The third-order valence-electron chi connectivity index (χ3n) is 3.98. The predicted octanol–water partition coefficient (Wildman–Crippen LogP) is 0.693. The molecule has 1 saturated carbocycles. The molecule has 0 radical (unpaired) electrons. The summed E-state index contributed by atoms with van der Waals surface area (Å²) in [5, 5.41) is 12.7. The van der Waals surface area contributed by atoms with E-state index in [9.17, 15) is 9.90 Å². The van der Waals surface area contributed by atoms with Gasteiger partial charge in [-0.25, -0.2) is 0 Å². The molecule has 0 spiro atoms. The summed E-state index contributed by atoms with van der Waals surface area (Å²) in [7, 11) is 1.75. The number of likely N-dealkylation sites (tertiary alicyclic amines) is 1. The van der Waals surface area contributed by atoms with Crippen LogP contribution in [-0.4, -0.2) is 60.4 Å². The number of rotatable bonds is 6. The molecule has 2 N–H and O–H groups in total. The van der Waals surface area contributed by atoms with Crippen LogP contribution in [0.4, 0.5) is 0 Å². The molecular weight excluding hydrogens is 232 g/mol. The predicted molar refractivity (Wildman–Crippen MR) is 68.7 cm³/mol. The standard InChI is InChI=1S/C13H24N2O3/c1-13(12(16)17,14-10-3-4-10)9-15-7-5-11(18-2)6-8-15/h10-11,14H,3-9H2,1-2H3,(H,16,17). The molecule has 2 rings (SSSR count). The van der Waals surface area contributed by atoms with E-state index in [0.717, 1.165) is 38.8 Å². The van der Waals surface area contributed by atoms with Gasteiger partial charge in [0.25, 0.3) is 0 Å². The van der Waals surface area contributed by atoms with Crippen molar-refractivity contribution in [3.8, 4) is 0 Å². The van der Waals surface area contributed by atoms with Gasteiger partial charge in [-0.2, -0.15) is 0 Å². The first-order chi connectivity index (χ1) is 8.53. The lowest BCUT2D eigenvalue weighted by Crippen LogP contribution is -2.58. The van der Waals surface area contributed by atoms with E-state index < -0.39 is 11.5 Å². The Bertz CT molecular complexity index is 299. The first kappa shape index (κ1) is 13.8. The van der Waals surface area contributed by atoms with Gasteiger partial charge in [0, 0.05) is 32.8 Å². The van der Waals surface area contributed by atoms with Crippen LogP contribution >= 0.6 is 0 Å². The van der Waals surface area contributed by atoms with Crippen molar-refractivity contribution in [2.75, 3.05) is 26.7 Å². The molecule has 1 aliphatic heterocycles. The number of ether oxygens (including phenoxy) is 1. The number of piperidine rings is 1. The lowest BCUT2D eigenvalue weighted by atomic mass is 9.99. The number of nitrogens with zero attached hydrogens (tertiary/aromatic N) is 1. The van der Waals surface area contributed by atoms with Crippen molar-refractivity contribution < 1.29 is 14.6 Å². The van der Waals surface area contributed by atoms with Gasteiger partial charge in [0.05, 0.1) is 6.10 Å². The van der Waals surface area contributed by atoms with Gasteiger partial charge in [-0.05, 0) is 32.6 Å². The molecule has 0 aromatic heterocycles. The number of carbonyl (C=O) groups is 1. The summed E-state index contributed by atoms with van der Waals surface area (Å²) in [5.41, 5.74) is -0.818. The number of aliphatic carboxylic acids is 1. The molecular formula is C13H24N2O3. The van der Waals surface area contributed by atoms with Crippen LogP contribution in [0.5, 0.6) is 0 Å². The monoisotopic (exact) mass is 256 g/mol. The highest BCUT2D eigenvalue weighted by Crippen LogP contribution is 2.24. The van der Waals surface area contributed by atoms with Crippen LogP contribution in [0.3, 0.4) is 0 Å². The van der Waals surface area contributed by atoms with Crippen LogP contribution in [0.15, 0.2) is 0 Å². The summed E-state index contributed by atoms with van der Waals surface area (Å²) >= 11 is 0. The quantitative estimate of drug-likeness (QED) is 0.732. The van der Waals surface area contributed by atoms with E-state index in [1.54, 1.807) is 14.0 Å². The number of methoxy groups -OCH3 is 1. The van der Waals surface area contributed by atoms with Crippen molar-refractivity contribution in [1.29, 1.82) is 0 Å². The van der Waals surface area contributed by atoms with E-state index in [2.05, 4.69) is 10.2 Å². The van der Waals surface area contributed by atoms with Crippen LogP contribution in [0.2, 0.25) is 0 Å². The zero-order chi connectivity index (χ0) is 13.2. The molecule has 1 atom stereocenters. The fraction of sp³-hybridized carbons (Fsp3) is 0.923. The Morgan fingerprint density at radius 2 is 2.00 bits per heavy atom. The lowest BCUT2D eigenvalue weighted by Gasteiger charge is -2.37. The zero-order valence-electron chi connectivity index (χ0n) is 11.3. The van der Waals surface area contributed by atoms with E-state index in [-0.39, 0.29) is 0 Å². The van der Waals surface area contributed by atoms with Gasteiger partial charge in [0.1, 0.15) is 5.54 Å². The highest BCUT2D eigenvalue weighted by molar-refractivity contribution is 5.78. The van der Waals surface area contributed by atoms with E-state index >= 15 is 0 Å². The molecule has 104 valence electrons. The highest BCUT2D eigenvalue weighted by atomic mass is 16.5. The van der Waals surface area contributed by atoms with Gasteiger partial charge in [-0.15, -0.1) is 0 Å². The first-order valence-corrected chi connectivity index (χ1v) is 6.80. The van der Waals surface area contributed by atoms with Crippen molar-refractivity contribution in [3.05, 3.63) is 0 Å². The molecule has 2 fully saturated rings. The highest BCUT2D eigenvalue weighted by Gasteiger charge is 2.40. The minimum Gasteiger partial charge on any atom is -0.480 e. The van der Waals surface area contributed by atoms with Crippen LogP contribution in [-0.2, 0) is 9.53 Å². The van der Waals surface area contributed by atoms with Crippen LogP contribution < -0.4 is 5.32 Å². The van der Waals surface area contributed by atoms with Crippen molar-refractivity contribution in [2.45, 2.75) is 50.3 Å². The fourth-order valence-corrected chi connectivity index (χ4v) is 2.60. The van der Waals surface area contributed by atoms with Gasteiger partial charge in [-0.1, -0.05) is 0 Å². The maximum Gasteiger partial charge on any atom is 0.324 e. The molecule has 2 aliphatic rings. The molecule has 18 heavy (non-hydrogen) atoms. The summed E-state index contributed by atoms with van der Waals surface area (Å²) in [5.74, 6) is -0.747. The van der Waals surface area contributed by atoms with Crippen LogP contribution in [0, 0.1) is 0 Å². The second-order valence-electron chi connectivity index (χ2n) is 5.77. The van der Waals surface area contributed by atoms with Gasteiger partial charge >= 0.3 is 5.97 Å². The van der Waals surface area contributed by atoms with Crippen molar-refractivity contribution in [1.82, 2.24) is 10.2 Å². The number of carboxylic acids is 1. The van der Waals surface area contributed by atoms with Gasteiger partial charge in [-0.3, -0.25) is 10.1 Å². The molecule has 1 heterocycles. The Labute approximate surface area is 108 Å².